The molecular weight excluding hydrogens is 356 g/mol. The molecule has 8 heteroatoms. The molecule has 0 aliphatic carbocycles. The van der Waals surface area contributed by atoms with Gasteiger partial charge >= 0.3 is 23.9 Å². The molecule has 8 nitrogen and oxygen atoms in total. The standard InChI is InChI=1S/C15H26O6.C4H8O2/c1-4-7-13(16)19-10-12(21-15(18)9-6-3)11-20-14(17)8-5-2;1-2-3-4(5)6/h12H,4-11H2,1-3H3;2-3H2,1H3,(H,5,6). The molecule has 0 aromatic carbocycles. The molecule has 0 fully saturated rings. The number of carbonyl (C=O) groups excluding carboxylic acids is 3. The van der Waals surface area contributed by atoms with Gasteiger partial charge in [0.15, 0.2) is 6.10 Å². The Bertz CT molecular complexity index is 411. The van der Waals surface area contributed by atoms with Gasteiger partial charge in [0.25, 0.3) is 0 Å². The second-order valence-corrected chi connectivity index (χ2v) is 5.87. The van der Waals surface area contributed by atoms with E-state index in [1.54, 1.807) is 0 Å². The number of hydrogen-bond donors (Lipinski definition) is 1. The van der Waals surface area contributed by atoms with Crippen molar-refractivity contribution < 1.29 is 38.5 Å². The van der Waals surface area contributed by atoms with Crippen LogP contribution in [0.2, 0.25) is 0 Å². The molecule has 0 saturated heterocycles. The number of carboxylic acid groups (broad SMARTS) is 1. The van der Waals surface area contributed by atoms with Crippen molar-refractivity contribution in [1.29, 1.82) is 0 Å². The van der Waals surface area contributed by atoms with Crippen LogP contribution in [0.1, 0.15) is 79.1 Å². The maximum absolute atomic E-state index is 11.5. The molecule has 0 aliphatic rings. The van der Waals surface area contributed by atoms with Gasteiger partial charge in [-0.25, -0.2) is 0 Å². The van der Waals surface area contributed by atoms with Crippen molar-refractivity contribution in [1.82, 2.24) is 0 Å². The lowest BCUT2D eigenvalue weighted by Crippen LogP contribution is -2.30. The van der Waals surface area contributed by atoms with Gasteiger partial charge in [-0.3, -0.25) is 19.2 Å². The largest absolute Gasteiger partial charge is 0.481 e. The summed E-state index contributed by atoms with van der Waals surface area (Å²) in [6.07, 6.45) is 3.21. The zero-order chi connectivity index (χ0) is 21.1. The van der Waals surface area contributed by atoms with Gasteiger partial charge in [0.2, 0.25) is 0 Å². The van der Waals surface area contributed by atoms with E-state index in [0.717, 1.165) is 6.42 Å². The quantitative estimate of drug-likeness (QED) is 0.376. The highest BCUT2D eigenvalue weighted by Crippen LogP contribution is 2.03. The molecule has 0 bridgehead atoms. The first-order chi connectivity index (χ1) is 12.8. The van der Waals surface area contributed by atoms with E-state index >= 15 is 0 Å². The first kappa shape index (κ1) is 27.1. The molecule has 0 saturated carbocycles. The van der Waals surface area contributed by atoms with Gasteiger partial charge in [-0.2, -0.15) is 0 Å². The third-order valence-corrected chi connectivity index (χ3v) is 2.98. The van der Waals surface area contributed by atoms with E-state index < -0.39 is 12.1 Å². The summed E-state index contributed by atoms with van der Waals surface area (Å²) in [4.78, 5) is 43.7. The van der Waals surface area contributed by atoms with Gasteiger partial charge < -0.3 is 19.3 Å². The van der Waals surface area contributed by atoms with Gasteiger partial charge in [-0.05, 0) is 25.7 Å². The molecule has 0 amide bonds. The zero-order valence-electron chi connectivity index (χ0n) is 17.0. The van der Waals surface area contributed by atoms with Crippen molar-refractivity contribution in [3.05, 3.63) is 0 Å². The van der Waals surface area contributed by atoms with E-state index in [2.05, 4.69) is 0 Å². The highest BCUT2D eigenvalue weighted by atomic mass is 16.6. The maximum Gasteiger partial charge on any atom is 0.306 e. The molecule has 0 radical (unpaired) electrons. The van der Waals surface area contributed by atoms with Gasteiger partial charge in [0.05, 0.1) is 0 Å². The Morgan fingerprint density at radius 1 is 0.667 bits per heavy atom. The molecule has 0 aliphatic heterocycles. The zero-order valence-corrected chi connectivity index (χ0v) is 17.0. The van der Waals surface area contributed by atoms with Crippen molar-refractivity contribution in [2.45, 2.75) is 85.2 Å². The normalized spacial score (nSPS) is 9.81. The molecule has 27 heavy (non-hydrogen) atoms. The van der Waals surface area contributed by atoms with Crippen LogP contribution in [-0.4, -0.2) is 48.3 Å². The first-order valence-electron chi connectivity index (χ1n) is 9.52. The Labute approximate surface area is 161 Å². The van der Waals surface area contributed by atoms with E-state index in [4.69, 9.17) is 19.3 Å². The molecule has 0 aromatic heterocycles. The van der Waals surface area contributed by atoms with E-state index in [1.165, 1.54) is 0 Å². The smallest absolute Gasteiger partial charge is 0.306 e. The number of rotatable bonds is 13. The first-order valence-corrected chi connectivity index (χ1v) is 9.52. The molecule has 0 atom stereocenters. The molecule has 0 spiro atoms. The van der Waals surface area contributed by atoms with Gasteiger partial charge in [0.1, 0.15) is 13.2 Å². The SMILES string of the molecule is CCCC(=O)O.CCCC(=O)OCC(COC(=O)CCC)OC(=O)CCC. The predicted octanol–water partition coefficient (Wildman–Crippen LogP) is 3.26. The molecule has 1 N–H and O–H groups in total. The summed E-state index contributed by atoms with van der Waals surface area (Å²) in [5, 5.41) is 7.91. The third kappa shape index (κ3) is 20.0. The Morgan fingerprint density at radius 3 is 1.33 bits per heavy atom. The lowest BCUT2D eigenvalue weighted by atomic mass is 10.3. The van der Waals surface area contributed by atoms with Gasteiger partial charge in [-0.1, -0.05) is 27.7 Å². The summed E-state index contributed by atoms with van der Waals surface area (Å²) in [6, 6.07) is 0. The fourth-order valence-corrected chi connectivity index (χ4v) is 1.70. The number of hydrogen-bond acceptors (Lipinski definition) is 7. The van der Waals surface area contributed by atoms with Gasteiger partial charge in [0, 0.05) is 25.7 Å². The van der Waals surface area contributed by atoms with Crippen LogP contribution >= 0.6 is 0 Å². The minimum Gasteiger partial charge on any atom is -0.481 e. The number of ether oxygens (including phenoxy) is 3. The van der Waals surface area contributed by atoms with Crippen LogP contribution in [0, 0.1) is 0 Å². The van der Waals surface area contributed by atoms with Crippen molar-refractivity contribution in [2.75, 3.05) is 13.2 Å². The van der Waals surface area contributed by atoms with Gasteiger partial charge in [-0.15, -0.1) is 0 Å². The monoisotopic (exact) mass is 390 g/mol. The van der Waals surface area contributed by atoms with Crippen LogP contribution in [-0.2, 0) is 33.4 Å². The third-order valence-electron chi connectivity index (χ3n) is 2.98. The van der Waals surface area contributed by atoms with Crippen LogP contribution in [0.15, 0.2) is 0 Å². The predicted molar refractivity (Wildman–Crippen MR) is 99.1 cm³/mol. The molecule has 158 valence electrons. The lowest BCUT2D eigenvalue weighted by molar-refractivity contribution is -0.166. The van der Waals surface area contributed by atoms with Crippen LogP contribution in [0.3, 0.4) is 0 Å². The Morgan fingerprint density at radius 2 is 1.04 bits per heavy atom. The summed E-state index contributed by atoms with van der Waals surface area (Å²) in [5.41, 5.74) is 0. The minimum atomic E-state index is -0.745. The second-order valence-electron chi connectivity index (χ2n) is 5.87. The average Bonchev–Trinajstić information content (AvgIpc) is 2.58. The Hall–Kier alpha value is -2.12. The number of carboxylic acids is 1. The molecular formula is C19H34O8. The Balaban J connectivity index is 0. The van der Waals surface area contributed by atoms with Crippen LogP contribution < -0.4 is 0 Å². The van der Waals surface area contributed by atoms with Crippen molar-refractivity contribution >= 4 is 23.9 Å². The van der Waals surface area contributed by atoms with E-state index in [9.17, 15) is 19.2 Å². The summed E-state index contributed by atoms with van der Waals surface area (Å²) in [7, 11) is 0. The molecule has 0 heterocycles. The fourth-order valence-electron chi connectivity index (χ4n) is 1.70. The fraction of sp³-hybridized carbons (Fsp3) is 0.789. The van der Waals surface area contributed by atoms with Crippen molar-refractivity contribution in [2.24, 2.45) is 0 Å². The summed E-state index contributed by atoms with van der Waals surface area (Å²) < 4.78 is 15.2. The highest BCUT2D eigenvalue weighted by molar-refractivity contribution is 5.71. The molecule has 0 unspecified atom stereocenters. The van der Waals surface area contributed by atoms with Crippen LogP contribution in [0.25, 0.3) is 0 Å². The highest BCUT2D eigenvalue weighted by Gasteiger charge is 2.18. The second kappa shape index (κ2) is 18.7. The summed E-state index contributed by atoms with van der Waals surface area (Å²) >= 11 is 0. The van der Waals surface area contributed by atoms with E-state index in [1.807, 2.05) is 27.7 Å². The number of carbonyl (C=O) groups is 4. The molecule has 0 aromatic rings. The lowest BCUT2D eigenvalue weighted by Gasteiger charge is -2.18. The maximum atomic E-state index is 11.5. The van der Waals surface area contributed by atoms with Crippen molar-refractivity contribution in [3.8, 4) is 0 Å². The summed E-state index contributed by atoms with van der Waals surface area (Å²) in [6.45, 7) is 7.26. The average molecular weight is 390 g/mol. The summed E-state index contributed by atoms with van der Waals surface area (Å²) in [5.74, 6) is -1.80. The van der Waals surface area contributed by atoms with E-state index in [0.29, 0.717) is 38.5 Å². The number of esters is 3. The van der Waals surface area contributed by atoms with Crippen LogP contribution in [0.5, 0.6) is 0 Å². The topological polar surface area (TPSA) is 116 Å². The minimum absolute atomic E-state index is 0.0896. The van der Waals surface area contributed by atoms with E-state index in [-0.39, 0.29) is 37.5 Å². The Kier molecular flexibility index (Phi) is 18.7. The van der Waals surface area contributed by atoms with Crippen LogP contribution in [0.4, 0.5) is 0 Å². The van der Waals surface area contributed by atoms with Crippen molar-refractivity contribution in [3.63, 3.8) is 0 Å². The molecule has 0 rings (SSSR count). The number of aliphatic carboxylic acids is 1.